The molecule has 0 atom stereocenters. The van der Waals surface area contributed by atoms with E-state index in [-0.39, 0.29) is 23.7 Å². The molecule has 0 amide bonds. The lowest BCUT2D eigenvalue weighted by molar-refractivity contribution is 0.242. The minimum absolute atomic E-state index is 0.0104. The van der Waals surface area contributed by atoms with Crippen molar-refractivity contribution >= 4 is 22.9 Å². The van der Waals surface area contributed by atoms with E-state index in [0.29, 0.717) is 22.4 Å². The number of phenolic OH excluding ortho intramolecular Hbond substituents is 2. The monoisotopic (exact) mass is 484 g/mol. The fraction of sp³-hybridized carbons (Fsp3) is 0.226. The highest BCUT2D eigenvalue weighted by molar-refractivity contribution is 6.04. The fourth-order valence-electron chi connectivity index (χ4n) is 4.20. The Morgan fingerprint density at radius 3 is 2.08 bits per heavy atom. The minimum Gasteiger partial charge on any atom is -0.507 e. The highest BCUT2D eigenvalue weighted by Gasteiger charge is 2.18. The summed E-state index contributed by atoms with van der Waals surface area (Å²) in [6.45, 7) is 7.93. The SMILES string of the molecule is COc1cc(O)c(-c2c(O)ccc3cc(OC(C)C)ccc23)c(/C=C\c2cccc(OC(C)C)c2)c1. The number of rotatable bonds is 8. The van der Waals surface area contributed by atoms with Crippen LogP contribution >= 0.6 is 0 Å². The Kier molecular flexibility index (Phi) is 7.39. The van der Waals surface area contributed by atoms with Crippen LogP contribution in [0.2, 0.25) is 0 Å². The zero-order valence-corrected chi connectivity index (χ0v) is 21.3. The molecule has 0 radical (unpaired) electrons. The topological polar surface area (TPSA) is 68.2 Å². The Bertz CT molecular complexity index is 1400. The van der Waals surface area contributed by atoms with Crippen molar-refractivity contribution in [3.63, 3.8) is 0 Å². The summed E-state index contributed by atoms with van der Waals surface area (Å²) in [6, 6.07) is 20.4. The van der Waals surface area contributed by atoms with E-state index >= 15 is 0 Å². The Labute approximate surface area is 212 Å². The van der Waals surface area contributed by atoms with Crippen LogP contribution in [0.3, 0.4) is 0 Å². The van der Waals surface area contributed by atoms with Crippen molar-refractivity contribution in [2.24, 2.45) is 0 Å². The molecule has 0 bridgehead atoms. The molecule has 0 spiro atoms. The van der Waals surface area contributed by atoms with Gasteiger partial charge in [-0.05, 0) is 92.1 Å². The van der Waals surface area contributed by atoms with E-state index in [2.05, 4.69) is 0 Å². The molecule has 0 saturated carbocycles. The molecule has 0 fully saturated rings. The molecule has 0 aliphatic heterocycles. The molecule has 4 aromatic carbocycles. The number of hydrogen-bond donors (Lipinski definition) is 2. The molecule has 0 aliphatic rings. The number of ether oxygens (including phenoxy) is 3. The lowest BCUT2D eigenvalue weighted by atomic mass is 9.92. The summed E-state index contributed by atoms with van der Waals surface area (Å²) >= 11 is 0. The normalized spacial score (nSPS) is 11.5. The predicted octanol–water partition coefficient (Wildman–Crippen LogP) is 7.67. The van der Waals surface area contributed by atoms with Crippen LogP contribution in [0, 0.1) is 0 Å². The van der Waals surface area contributed by atoms with Crippen molar-refractivity contribution in [1.82, 2.24) is 0 Å². The molecule has 0 aromatic heterocycles. The van der Waals surface area contributed by atoms with Crippen molar-refractivity contribution < 1.29 is 24.4 Å². The van der Waals surface area contributed by atoms with Crippen molar-refractivity contribution in [2.75, 3.05) is 7.11 Å². The maximum Gasteiger partial charge on any atom is 0.127 e. The summed E-state index contributed by atoms with van der Waals surface area (Å²) in [5.41, 5.74) is 2.70. The van der Waals surface area contributed by atoms with Gasteiger partial charge in [-0.15, -0.1) is 0 Å². The third-order valence-corrected chi connectivity index (χ3v) is 5.63. The van der Waals surface area contributed by atoms with Gasteiger partial charge in [0.1, 0.15) is 28.7 Å². The van der Waals surface area contributed by atoms with Crippen LogP contribution in [0.4, 0.5) is 0 Å². The maximum absolute atomic E-state index is 11.1. The van der Waals surface area contributed by atoms with Crippen molar-refractivity contribution in [3.05, 3.63) is 77.9 Å². The van der Waals surface area contributed by atoms with E-state index in [1.165, 1.54) is 0 Å². The van der Waals surface area contributed by atoms with Gasteiger partial charge in [0.25, 0.3) is 0 Å². The van der Waals surface area contributed by atoms with Gasteiger partial charge in [0.15, 0.2) is 0 Å². The van der Waals surface area contributed by atoms with Gasteiger partial charge in [-0.25, -0.2) is 0 Å². The largest absolute Gasteiger partial charge is 0.507 e. The second-order valence-corrected chi connectivity index (χ2v) is 9.19. The van der Waals surface area contributed by atoms with Gasteiger partial charge in [0.2, 0.25) is 0 Å². The van der Waals surface area contributed by atoms with Gasteiger partial charge in [0, 0.05) is 17.2 Å². The second kappa shape index (κ2) is 10.6. The Balaban J connectivity index is 1.85. The van der Waals surface area contributed by atoms with Gasteiger partial charge in [-0.1, -0.05) is 30.4 Å². The van der Waals surface area contributed by atoms with Crippen molar-refractivity contribution in [2.45, 2.75) is 39.9 Å². The first-order chi connectivity index (χ1) is 17.2. The van der Waals surface area contributed by atoms with E-state index < -0.39 is 0 Å². The summed E-state index contributed by atoms with van der Waals surface area (Å²) in [7, 11) is 1.56. The molecule has 36 heavy (non-hydrogen) atoms. The molecule has 0 unspecified atom stereocenters. The average molecular weight is 485 g/mol. The highest BCUT2D eigenvalue weighted by Crippen LogP contribution is 2.45. The number of fused-ring (bicyclic) bond motifs is 1. The molecule has 2 N–H and O–H groups in total. The van der Waals surface area contributed by atoms with Crippen LogP contribution in [0.1, 0.15) is 38.8 Å². The molecule has 4 aromatic rings. The standard InChI is InChI=1S/C31H32O5/c1-19(2)35-24-8-6-7-21(15-24)9-10-23-17-26(34-5)18-29(33)30(23)31-27-13-12-25(36-20(3)4)16-22(27)11-14-28(31)32/h6-20,32-33H,1-5H3/b10-9-. The fourth-order valence-corrected chi connectivity index (χ4v) is 4.20. The van der Waals surface area contributed by atoms with Crippen molar-refractivity contribution in [1.29, 1.82) is 0 Å². The van der Waals surface area contributed by atoms with E-state index in [4.69, 9.17) is 14.2 Å². The zero-order valence-electron chi connectivity index (χ0n) is 21.3. The van der Waals surface area contributed by atoms with Crippen LogP contribution in [0.5, 0.6) is 28.7 Å². The Morgan fingerprint density at radius 1 is 0.667 bits per heavy atom. The quantitative estimate of drug-likeness (QED) is 0.251. The molecule has 5 nitrogen and oxygen atoms in total. The van der Waals surface area contributed by atoms with Crippen LogP contribution in [0.25, 0.3) is 34.1 Å². The molecule has 0 saturated heterocycles. The van der Waals surface area contributed by atoms with Gasteiger partial charge in [-0.3, -0.25) is 0 Å². The number of aromatic hydroxyl groups is 2. The Morgan fingerprint density at radius 2 is 1.39 bits per heavy atom. The Hall–Kier alpha value is -4.12. The van der Waals surface area contributed by atoms with Crippen LogP contribution < -0.4 is 14.2 Å². The molecule has 4 rings (SSSR count). The highest BCUT2D eigenvalue weighted by atomic mass is 16.5. The van der Waals surface area contributed by atoms with E-state index in [1.807, 2.05) is 94.4 Å². The number of benzene rings is 4. The zero-order chi connectivity index (χ0) is 25.8. The van der Waals surface area contributed by atoms with E-state index in [0.717, 1.165) is 27.8 Å². The summed E-state index contributed by atoms with van der Waals surface area (Å²) < 4.78 is 17.1. The molecule has 0 heterocycles. The van der Waals surface area contributed by atoms with Crippen LogP contribution in [-0.2, 0) is 0 Å². The van der Waals surface area contributed by atoms with Crippen LogP contribution in [-0.4, -0.2) is 29.5 Å². The first kappa shape index (κ1) is 25.0. The summed E-state index contributed by atoms with van der Waals surface area (Å²) in [4.78, 5) is 0. The number of phenols is 2. The molecule has 5 heteroatoms. The first-order valence-corrected chi connectivity index (χ1v) is 12.0. The van der Waals surface area contributed by atoms with E-state index in [1.54, 1.807) is 19.2 Å². The summed E-state index contributed by atoms with van der Waals surface area (Å²) in [5.74, 6) is 2.13. The first-order valence-electron chi connectivity index (χ1n) is 12.0. The summed E-state index contributed by atoms with van der Waals surface area (Å²) in [5, 5.41) is 23.7. The molecule has 0 aliphatic carbocycles. The van der Waals surface area contributed by atoms with Gasteiger partial charge >= 0.3 is 0 Å². The number of hydrogen-bond acceptors (Lipinski definition) is 5. The van der Waals surface area contributed by atoms with Gasteiger partial charge in [-0.2, -0.15) is 0 Å². The maximum atomic E-state index is 11.1. The minimum atomic E-state index is 0.0104. The average Bonchev–Trinajstić information content (AvgIpc) is 2.82. The van der Waals surface area contributed by atoms with Gasteiger partial charge in [0.05, 0.1) is 19.3 Å². The second-order valence-electron chi connectivity index (χ2n) is 9.19. The molecular formula is C31H32O5. The lowest BCUT2D eigenvalue weighted by Crippen LogP contribution is -2.05. The lowest BCUT2D eigenvalue weighted by Gasteiger charge is -2.17. The van der Waals surface area contributed by atoms with Crippen LogP contribution in [0.15, 0.2) is 66.7 Å². The predicted molar refractivity (Wildman–Crippen MR) is 146 cm³/mol. The van der Waals surface area contributed by atoms with E-state index in [9.17, 15) is 10.2 Å². The summed E-state index contributed by atoms with van der Waals surface area (Å²) in [6.07, 6.45) is 3.97. The third kappa shape index (κ3) is 5.57. The number of methoxy groups -OCH3 is 1. The van der Waals surface area contributed by atoms with Crippen molar-refractivity contribution in [3.8, 4) is 39.9 Å². The smallest absolute Gasteiger partial charge is 0.127 e. The van der Waals surface area contributed by atoms with Gasteiger partial charge < -0.3 is 24.4 Å². The molecular weight excluding hydrogens is 452 g/mol. The third-order valence-electron chi connectivity index (χ3n) is 5.63. The molecule has 186 valence electrons.